The average molecular weight is 191 g/mol. The summed E-state index contributed by atoms with van der Waals surface area (Å²) in [6.07, 6.45) is 7.55. The lowest BCUT2D eigenvalue weighted by Crippen LogP contribution is -2.52. The lowest BCUT2D eigenvalue weighted by molar-refractivity contribution is 0.0375. The maximum absolute atomic E-state index is 3.69. The van der Waals surface area contributed by atoms with Crippen LogP contribution in [-0.2, 0) is 0 Å². The molecular weight excluding hydrogens is 170 g/mol. The van der Waals surface area contributed by atoms with Crippen LogP contribution in [0.2, 0.25) is 0 Å². The van der Waals surface area contributed by atoms with Crippen LogP contribution in [0.15, 0.2) is 18.4 Å². The van der Waals surface area contributed by atoms with E-state index in [0.29, 0.717) is 11.5 Å². The number of hydrogen-bond acceptors (Lipinski definition) is 1. The second-order valence-electron chi connectivity index (χ2n) is 5.37. The molecule has 2 heterocycles. The molecule has 2 fully saturated rings. The van der Waals surface area contributed by atoms with Crippen molar-refractivity contribution in [1.82, 2.24) is 4.90 Å². The molecule has 0 aromatic rings. The van der Waals surface area contributed by atoms with Gasteiger partial charge in [0.1, 0.15) is 0 Å². The smallest absolute Gasteiger partial charge is 0.0162 e. The zero-order valence-electron chi connectivity index (χ0n) is 9.42. The van der Waals surface area contributed by atoms with E-state index in [1.807, 2.05) is 0 Å². The third-order valence-electron chi connectivity index (χ3n) is 3.84. The summed E-state index contributed by atoms with van der Waals surface area (Å²) in [6.45, 7) is 9.77. The molecule has 2 rings (SSSR count). The molecule has 0 aromatic carbocycles. The van der Waals surface area contributed by atoms with Gasteiger partial charge in [-0.25, -0.2) is 0 Å². The van der Waals surface area contributed by atoms with Gasteiger partial charge in [0.05, 0.1) is 0 Å². The molecule has 0 N–H and O–H groups in total. The van der Waals surface area contributed by atoms with Gasteiger partial charge in [0.2, 0.25) is 0 Å². The van der Waals surface area contributed by atoms with Gasteiger partial charge < -0.3 is 0 Å². The van der Waals surface area contributed by atoms with E-state index in [4.69, 9.17) is 0 Å². The molecule has 2 aliphatic heterocycles. The molecule has 0 radical (unpaired) electrons. The highest BCUT2D eigenvalue weighted by molar-refractivity contribution is 5.02. The normalized spacial score (nSPS) is 36.1. The molecule has 14 heavy (non-hydrogen) atoms. The monoisotopic (exact) mass is 191 g/mol. The van der Waals surface area contributed by atoms with Gasteiger partial charge in [-0.15, -0.1) is 5.73 Å². The Balaban J connectivity index is 2.15. The Bertz CT molecular complexity index is 260. The molecule has 2 aliphatic rings. The number of rotatable bonds is 1. The highest BCUT2D eigenvalue weighted by atomic mass is 15.2. The Kier molecular flexibility index (Phi) is 2.55. The third kappa shape index (κ3) is 1.67. The Morgan fingerprint density at radius 2 is 2.29 bits per heavy atom. The van der Waals surface area contributed by atoms with Crippen LogP contribution in [0.3, 0.4) is 0 Å². The lowest BCUT2D eigenvalue weighted by atomic mass is 9.80. The number of nitrogens with zero attached hydrogens (tertiary/aromatic N) is 1. The molecule has 1 heteroatoms. The van der Waals surface area contributed by atoms with Crippen LogP contribution < -0.4 is 0 Å². The maximum atomic E-state index is 3.69. The molecule has 0 aliphatic carbocycles. The second kappa shape index (κ2) is 3.56. The SMILES string of the molecule is C=C=CC1CC2CCCN2C(C)(C)C1. The molecule has 0 saturated carbocycles. The summed E-state index contributed by atoms with van der Waals surface area (Å²) < 4.78 is 0. The van der Waals surface area contributed by atoms with Crippen molar-refractivity contribution >= 4 is 0 Å². The first kappa shape index (κ1) is 10.0. The van der Waals surface area contributed by atoms with Gasteiger partial charge in [0.25, 0.3) is 0 Å². The predicted molar refractivity (Wildman–Crippen MR) is 60.2 cm³/mol. The van der Waals surface area contributed by atoms with Gasteiger partial charge in [-0.1, -0.05) is 6.58 Å². The third-order valence-corrected chi connectivity index (χ3v) is 3.84. The fourth-order valence-corrected chi connectivity index (χ4v) is 3.36. The fraction of sp³-hybridized carbons (Fsp3) is 0.769. The molecule has 0 aromatic heterocycles. The van der Waals surface area contributed by atoms with Gasteiger partial charge in [0, 0.05) is 11.6 Å². The number of allylic oxidation sites excluding steroid dienone is 1. The van der Waals surface area contributed by atoms with E-state index in [-0.39, 0.29) is 0 Å². The van der Waals surface area contributed by atoms with Crippen molar-refractivity contribution < 1.29 is 0 Å². The summed E-state index contributed by atoms with van der Waals surface area (Å²) in [5.74, 6) is 0.710. The maximum Gasteiger partial charge on any atom is 0.0162 e. The minimum absolute atomic E-state index is 0.386. The first-order valence-corrected chi connectivity index (χ1v) is 5.76. The van der Waals surface area contributed by atoms with Crippen molar-refractivity contribution in [3.8, 4) is 0 Å². The van der Waals surface area contributed by atoms with E-state index in [1.165, 1.54) is 32.2 Å². The van der Waals surface area contributed by atoms with E-state index >= 15 is 0 Å². The van der Waals surface area contributed by atoms with E-state index in [1.54, 1.807) is 0 Å². The molecule has 0 bridgehead atoms. The van der Waals surface area contributed by atoms with E-state index in [2.05, 4.69) is 37.1 Å². The predicted octanol–water partition coefficient (Wildman–Crippen LogP) is 2.98. The minimum Gasteiger partial charge on any atom is -0.295 e. The van der Waals surface area contributed by atoms with Crippen LogP contribution in [-0.4, -0.2) is 23.0 Å². The largest absolute Gasteiger partial charge is 0.295 e. The van der Waals surface area contributed by atoms with Gasteiger partial charge in [-0.05, 0) is 58.1 Å². The lowest BCUT2D eigenvalue weighted by Gasteiger charge is -2.47. The standard InChI is InChI=1S/C13H21N/c1-4-6-11-9-12-7-5-8-14(12)13(2,3)10-11/h6,11-12H,1,5,7-10H2,2-3H3. The number of fused-ring (bicyclic) bond motifs is 1. The topological polar surface area (TPSA) is 3.24 Å². The van der Waals surface area contributed by atoms with Crippen LogP contribution in [0.1, 0.15) is 39.5 Å². The van der Waals surface area contributed by atoms with Crippen LogP contribution in [0, 0.1) is 5.92 Å². The van der Waals surface area contributed by atoms with Crippen molar-refractivity contribution in [2.24, 2.45) is 5.92 Å². The van der Waals surface area contributed by atoms with Crippen molar-refractivity contribution in [2.75, 3.05) is 6.54 Å². The molecular formula is C13H21N. The summed E-state index contributed by atoms with van der Waals surface area (Å²) in [7, 11) is 0. The van der Waals surface area contributed by atoms with Crippen molar-refractivity contribution in [2.45, 2.75) is 51.1 Å². The van der Waals surface area contributed by atoms with Crippen LogP contribution in [0.25, 0.3) is 0 Å². The number of piperidine rings is 1. The van der Waals surface area contributed by atoms with Crippen molar-refractivity contribution in [3.63, 3.8) is 0 Å². The van der Waals surface area contributed by atoms with Crippen LogP contribution in [0.5, 0.6) is 0 Å². The van der Waals surface area contributed by atoms with Crippen LogP contribution >= 0.6 is 0 Å². The Hall–Kier alpha value is -0.520. The van der Waals surface area contributed by atoms with E-state index in [0.717, 1.165) is 6.04 Å². The highest BCUT2D eigenvalue weighted by Crippen LogP contribution is 2.40. The zero-order chi connectivity index (χ0) is 10.2. The summed E-state index contributed by atoms with van der Waals surface area (Å²) >= 11 is 0. The van der Waals surface area contributed by atoms with E-state index < -0.39 is 0 Å². The minimum atomic E-state index is 0.386. The fourth-order valence-electron chi connectivity index (χ4n) is 3.36. The highest BCUT2D eigenvalue weighted by Gasteiger charge is 2.41. The molecule has 0 amide bonds. The second-order valence-corrected chi connectivity index (χ2v) is 5.37. The summed E-state index contributed by atoms with van der Waals surface area (Å²) in [5, 5.41) is 0. The molecule has 1 nitrogen and oxygen atoms in total. The molecule has 2 saturated heterocycles. The van der Waals surface area contributed by atoms with E-state index in [9.17, 15) is 0 Å². The van der Waals surface area contributed by atoms with Crippen molar-refractivity contribution in [1.29, 1.82) is 0 Å². The Labute approximate surface area is 87.5 Å². The average Bonchev–Trinajstić information content (AvgIpc) is 2.52. The van der Waals surface area contributed by atoms with Gasteiger partial charge >= 0.3 is 0 Å². The van der Waals surface area contributed by atoms with Gasteiger partial charge in [0.15, 0.2) is 0 Å². The summed E-state index contributed by atoms with van der Waals surface area (Å²) in [6, 6.07) is 0.827. The molecule has 2 atom stereocenters. The van der Waals surface area contributed by atoms with Crippen LogP contribution in [0.4, 0.5) is 0 Å². The van der Waals surface area contributed by atoms with Gasteiger partial charge in [-0.3, -0.25) is 4.90 Å². The summed E-state index contributed by atoms with van der Waals surface area (Å²) in [5.41, 5.74) is 3.35. The Morgan fingerprint density at radius 3 is 3.00 bits per heavy atom. The molecule has 78 valence electrons. The molecule has 0 spiro atoms. The van der Waals surface area contributed by atoms with Gasteiger partial charge in [-0.2, -0.15) is 0 Å². The van der Waals surface area contributed by atoms with Crippen molar-refractivity contribution in [3.05, 3.63) is 18.4 Å². The first-order chi connectivity index (χ1) is 6.63. The zero-order valence-corrected chi connectivity index (χ0v) is 9.42. The molecule has 2 unspecified atom stereocenters. The quantitative estimate of drug-likeness (QED) is 0.576. The summed E-state index contributed by atoms with van der Waals surface area (Å²) in [4.78, 5) is 2.71. The first-order valence-electron chi connectivity index (χ1n) is 5.76. The Morgan fingerprint density at radius 1 is 1.50 bits per heavy atom. The number of hydrogen-bond donors (Lipinski definition) is 0.